The smallest absolute Gasteiger partial charge is 0.230 e. The first-order chi connectivity index (χ1) is 6.96. The van der Waals surface area contributed by atoms with Crippen molar-refractivity contribution in [2.45, 2.75) is 53.5 Å². The highest BCUT2D eigenvalue weighted by Gasteiger charge is 2.34. The Hall–Kier alpha value is -0.570. The second-order valence-corrected chi connectivity index (χ2v) is 4.47. The maximum Gasteiger partial charge on any atom is 0.230 e. The number of hydrogen-bond donors (Lipinski definition) is 1. The number of rotatable bonds is 6. The van der Waals surface area contributed by atoms with Crippen LogP contribution in [0.15, 0.2) is 0 Å². The Kier molecular flexibility index (Phi) is 5.88. The van der Waals surface area contributed by atoms with Crippen molar-refractivity contribution in [3.05, 3.63) is 0 Å². The molecule has 0 spiro atoms. The summed E-state index contributed by atoms with van der Waals surface area (Å²) < 4.78 is 0. The van der Waals surface area contributed by atoms with Crippen LogP contribution in [0.25, 0.3) is 0 Å². The third-order valence-electron chi connectivity index (χ3n) is 3.47. The molecule has 0 heterocycles. The molecule has 0 saturated heterocycles. The second-order valence-electron chi connectivity index (χ2n) is 4.47. The average Bonchev–Trinajstić information content (AvgIpc) is 2.28. The minimum Gasteiger partial charge on any atom is -0.340 e. The molecule has 0 aromatic heterocycles. The van der Waals surface area contributed by atoms with Crippen LogP contribution in [0.5, 0.6) is 0 Å². The molecule has 0 rings (SSSR count). The Morgan fingerprint density at radius 2 is 1.93 bits per heavy atom. The van der Waals surface area contributed by atoms with Gasteiger partial charge in [0.1, 0.15) is 0 Å². The Balaban J connectivity index is 4.78. The maximum atomic E-state index is 12.3. The molecule has 1 amide bonds. The van der Waals surface area contributed by atoms with Gasteiger partial charge in [0.2, 0.25) is 5.91 Å². The van der Waals surface area contributed by atoms with Gasteiger partial charge >= 0.3 is 0 Å². The molecule has 2 unspecified atom stereocenters. The van der Waals surface area contributed by atoms with Crippen LogP contribution < -0.4 is 5.73 Å². The summed E-state index contributed by atoms with van der Waals surface area (Å²) in [5, 5.41) is 0. The van der Waals surface area contributed by atoms with Gasteiger partial charge in [-0.15, -0.1) is 0 Å². The summed E-state index contributed by atoms with van der Waals surface area (Å²) in [6, 6.07) is 0.305. The first kappa shape index (κ1) is 14.4. The minimum atomic E-state index is -0.389. The van der Waals surface area contributed by atoms with E-state index in [0.29, 0.717) is 12.6 Å². The molecule has 3 nitrogen and oxygen atoms in total. The van der Waals surface area contributed by atoms with Gasteiger partial charge in [-0.3, -0.25) is 4.79 Å². The van der Waals surface area contributed by atoms with Crippen LogP contribution in [0, 0.1) is 5.41 Å². The van der Waals surface area contributed by atoms with Crippen molar-refractivity contribution in [3.8, 4) is 0 Å². The minimum absolute atomic E-state index is 0.198. The molecule has 0 aromatic rings. The molecule has 15 heavy (non-hydrogen) atoms. The number of amides is 1. The van der Waals surface area contributed by atoms with Gasteiger partial charge in [-0.05, 0) is 33.6 Å². The number of carbonyl (C=O) groups is 1. The van der Waals surface area contributed by atoms with Gasteiger partial charge in [-0.1, -0.05) is 13.8 Å². The molecule has 0 bridgehead atoms. The van der Waals surface area contributed by atoms with E-state index in [0.717, 1.165) is 19.4 Å². The normalized spacial score (nSPS) is 16.9. The number of carbonyl (C=O) groups excluding carboxylic acids is 1. The molecule has 3 heteroatoms. The highest BCUT2D eigenvalue weighted by atomic mass is 16.2. The van der Waals surface area contributed by atoms with E-state index in [1.807, 2.05) is 25.7 Å². The number of nitrogens with zero attached hydrogens (tertiary/aromatic N) is 1. The monoisotopic (exact) mass is 214 g/mol. The van der Waals surface area contributed by atoms with Crippen LogP contribution in [-0.2, 0) is 4.79 Å². The van der Waals surface area contributed by atoms with Crippen molar-refractivity contribution in [3.63, 3.8) is 0 Å². The molecule has 90 valence electrons. The molecule has 0 fully saturated rings. The number of hydrogen-bond acceptors (Lipinski definition) is 2. The summed E-state index contributed by atoms with van der Waals surface area (Å²) in [6.45, 7) is 11.4. The van der Waals surface area contributed by atoms with E-state index < -0.39 is 0 Å². The van der Waals surface area contributed by atoms with E-state index >= 15 is 0 Å². The Labute approximate surface area is 94.0 Å². The maximum absolute atomic E-state index is 12.3. The van der Waals surface area contributed by atoms with Gasteiger partial charge in [0.15, 0.2) is 0 Å². The quantitative estimate of drug-likeness (QED) is 0.735. The summed E-state index contributed by atoms with van der Waals surface area (Å²) in [5.41, 5.74) is 5.32. The number of nitrogens with two attached hydrogens (primary N) is 1. The Morgan fingerprint density at radius 3 is 2.20 bits per heavy atom. The largest absolute Gasteiger partial charge is 0.340 e. The molecular weight excluding hydrogens is 188 g/mol. The third-order valence-corrected chi connectivity index (χ3v) is 3.47. The molecule has 0 aliphatic rings. The van der Waals surface area contributed by atoms with E-state index in [9.17, 15) is 4.79 Å². The predicted octanol–water partition coefficient (Wildman–Crippen LogP) is 2.01. The third kappa shape index (κ3) is 3.20. The average molecular weight is 214 g/mol. The fourth-order valence-corrected chi connectivity index (χ4v) is 1.61. The lowest BCUT2D eigenvalue weighted by Gasteiger charge is -2.36. The summed E-state index contributed by atoms with van der Waals surface area (Å²) in [5.74, 6) is 0.198. The van der Waals surface area contributed by atoms with Crippen LogP contribution in [-0.4, -0.2) is 29.9 Å². The highest BCUT2D eigenvalue weighted by Crippen LogP contribution is 2.24. The fourth-order valence-electron chi connectivity index (χ4n) is 1.61. The lowest BCUT2D eigenvalue weighted by Crippen LogP contribution is -2.49. The summed E-state index contributed by atoms with van der Waals surface area (Å²) in [6.07, 6.45) is 1.79. The van der Waals surface area contributed by atoms with Crippen LogP contribution in [0.4, 0.5) is 0 Å². The van der Waals surface area contributed by atoms with E-state index in [4.69, 9.17) is 5.73 Å². The van der Waals surface area contributed by atoms with E-state index in [1.165, 1.54) is 0 Å². The lowest BCUT2D eigenvalue weighted by atomic mass is 9.85. The van der Waals surface area contributed by atoms with Gasteiger partial charge in [0, 0.05) is 19.1 Å². The van der Waals surface area contributed by atoms with Crippen LogP contribution in [0.2, 0.25) is 0 Å². The van der Waals surface area contributed by atoms with Gasteiger partial charge in [0.05, 0.1) is 5.41 Å². The summed E-state index contributed by atoms with van der Waals surface area (Å²) in [4.78, 5) is 14.2. The van der Waals surface area contributed by atoms with Crippen molar-refractivity contribution < 1.29 is 4.79 Å². The van der Waals surface area contributed by atoms with Crippen LogP contribution >= 0.6 is 0 Å². The molecule has 0 saturated carbocycles. The summed E-state index contributed by atoms with van der Waals surface area (Å²) >= 11 is 0. The predicted molar refractivity (Wildman–Crippen MR) is 64.6 cm³/mol. The van der Waals surface area contributed by atoms with E-state index in [2.05, 4.69) is 13.8 Å². The fraction of sp³-hybridized carbons (Fsp3) is 0.917. The van der Waals surface area contributed by atoms with Gasteiger partial charge < -0.3 is 10.6 Å². The molecule has 0 aliphatic carbocycles. The standard InChI is InChI=1S/C12H26N2O/c1-6-10(4)14(8-3)11(15)12(5,7-2)9-13/h10H,6-9,13H2,1-5H3. The first-order valence-electron chi connectivity index (χ1n) is 5.97. The van der Waals surface area contributed by atoms with Crippen LogP contribution in [0.3, 0.4) is 0 Å². The topological polar surface area (TPSA) is 46.3 Å². The second kappa shape index (κ2) is 6.11. The molecule has 2 atom stereocenters. The lowest BCUT2D eigenvalue weighted by molar-refractivity contribution is -0.142. The molecule has 0 aliphatic heterocycles. The van der Waals surface area contributed by atoms with Gasteiger partial charge in [0.25, 0.3) is 0 Å². The highest BCUT2D eigenvalue weighted by molar-refractivity contribution is 5.82. The molecule has 2 N–H and O–H groups in total. The van der Waals surface area contributed by atoms with Gasteiger partial charge in [-0.25, -0.2) is 0 Å². The zero-order valence-corrected chi connectivity index (χ0v) is 10.8. The van der Waals surface area contributed by atoms with E-state index in [-0.39, 0.29) is 11.3 Å². The van der Waals surface area contributed by atoms with E-state index in [1.54, 1.807) is 0 Å². The van der Waals surface area contributed by atoms with Crippen LogP contribution in [0.1, 0.15) is 47.5 Å². The van der Waals surface area contributed by atoms with Crippen molar-refractivity contribution in [2.24, 2.45) is 11.1 Å². The van der Waals surface area contributed by atoms with Gasteiger partial charge in [-0.2, -0.15) is 0 Å². The van der Waals surface area contributed by atoms with Crippen molar-refractivity contribution in [2.75, 3.05) is 13.1 Å². The Bertz CT molecular complexity index is 200. The Morgan fingerprint density at radius 1 is 1.40 bits per heavy atom. The SMILES string of the molecule is CCC(C)N(CC)C(=O)C(C)(CC)CN. The summed E-state index contributed by atoms with van der Waals surface area (Å²) in [7, 11) is 0. The van der Waals surface area contributed by atoms with Crippen molar-refractivity contribution >= 4 is 5.91 Å². The zero-order chi connectivity index (χ0) is 12.1. The molecular formula is C12H26N2O. The van der Waals surface area contributed by atoms with Crippen molar-refractivity contribution in [1.29, 1.82) is 0 Å². The van der Waals surface area contributed by atoms with Crippen molar-refractivity contribution in [1.82, 2.24) is 4.90 Å². The molecule has 0 radical (unpaired) electrons. The molecule has 0 aromatic carbocycles. The zero-order valence-electron chi connectivity index (χ0n) is 10.8. The first-order valence-corrected chi connectivity index (χ1v) is 5.97.